The van der Waals surface area contributed by atoms with Crippen molar-refractivity contribution in [2.45, 2.75) is 43.2 Å². The summed E-state index contributed by atoms with van der Waals surface area (Å²) in [6, 6.07) is 3.40. The van der Waals surface area contributed by atoms with Gasteiger partial charge in [-0.15, -0.1) is 6.58 Å². The highest BCUT2D eigenvalue weighted by molar-refractivity contribution is 7.89. The normalized spacial score (nSPS) is 20.5. The minimum atomic E-state index is -4.59. The SMILES string of the molecule is C=CC(c1cccc(C(F)(F)F)c1)S(=O)(=O)N1CCCCC1CC(=O)O. The molecule has 26 heavy (non-hydrogen) atoms. The molecule has 5 nitrogen and oxygen atoms in total. The maximum atomic E-state index is 13.1. The lowest BCUT2D eigenvalue weighted by Gasteiger charge is -2.36. The van der Waals surface area contributed by atoms with Crippen molar-refractivity contribution in [2.75, 3.05) is 6.54 Å². The molecule has 1 aromatic rings. The summed E-state index contributed by atoms with van der Waals surface area (Å²) in [4.78, 5) is 11.0. The number of rotatable bonds is 6. The summed E-state index contributed by atoms with van der Waals surface area (Å²) in [5.41, 5.74) is -0.993. The number of sulfonamides is 1. The Bertz CT molecular complexity index is 776. The highest BCUT2D eigenvalue weighted by Gasteiger charge is 2.39. The van der Waals surface area contributed by atoms with Crippen LogP contribution in [0.2, 0.25) is 0 Å². The van der Waals surface area contributed by atoms with E-state index in [1.54, 1.807) is 0 Å². The van der Waals surface area contributed by atoms with Gasteiger partial charge in [0.05, 0.1) is 12.0 Å². The molecule has 1 aliphatic rings. The van der Waals surface area contributed by atoms with E-state index in [2.05, 4.69) is 6.58 Å². The standard InChI is InChI=1S/C17H20F3NO4S/c1-2-15(12-6-5-7-13(10-12)17(18,19)20)26(24,25)21-9-4-3-8-14(21)11-16(22)23/h2,5-7,10,14-15H,1,3-4,8-9,11H2,(H,22,23). The first-order valence-electron chi connectivity index (χ1n) is 8.09. The van der Waals surface area contributed by atoms with Crippen molar-refractivity contribution in [1.29, 1.82) is 0 Å². The number of nitrogens with zero attached hydrogens (tertiary/aromatic N) is 1. The highest BCUT2D eigenvalue weighted by atomic mass is 32.2. The second-order valence-electron chi connectivity index (χ2n) is 6.18. The first-order valence-corrected chi connectivity index (χ1v) is 9.60. The summed E-state index contributed by atoms with van der Waals surface area (Å²) >= 11 is 0. The molecule has 2 unspecified atom stereocenters. The average molecular weight is 391 g/mol. The van der Waals surface area contributed by atoms with E-state index in [-0.39, 0.29) is 18.5 Å². The average Bonchev–Trinajstić information content (AvgIpc) is 2.54. The van der Waals surface area contributed by atoms with Crippen LogP contribution in [0.3, 0.4) is 0 Å². The van der Waals surface area contributed by atoms with Crippen molar-refractivity contribution < 1.29 is 31.5 Å². The minimum Gasteiger partial charge on any atom is -0.481 e. The third kappa shape index (κ3) is 4.45. The topological polar surface area (TPSA) is 74.7 Å². The van der Waals surface area contributed by atoms with E-state index >= 15 is 0 Å². The lowest BCUT2D eigenvalue weighted by molar-refractivity contribution is -0.138. The summed E-state index contributed by atoms with van der Waals surface area (Å²) in [7, 11) is -4.10. The number of benzene rings is 1. The van der Waals surface area contributed by atoms with E-state index < -0.39 is 39.0 Å². The Morgan fingerprint density at radius 2 is 2.08 bits per heavy atom. The van der Waals surface area contributed by atoms with Crippen molar-refractivity contribution in [3.8, 4) is 0 Å². The molecule has 1 heterocycles. The van der Waals surface area contributed by atoms with Crippen molar-refractivity contribution in [1.82, 2.24) is 4.31 Å². The quantitative estimate of drug-likeness (QED) is 0.752. The Kier molecular flexibility index (Phi) is 6.13. The molecular weight excluding hydrogens is 371 g/mol. The fourth-order valence-corrected chi connectivity index (χ4v) is 5.19. The lowest BCUT2D eigenvalue weighted by Crippen LogP contribution is -2.46. The molecular formula is C17H20F3NO4S. The van der Waals surface area contributed by atoms with E-state index in [0.29, 0.717) is 19.3 Å². The van der Waals surface area contributed by atoms with Crippen LogP contribution in [0.25, 0.3) is 0 Å². The Hall–Kier alpha value is -1.87. The van der Waals surface area contributed by atoms with Gasteiger partial charge in [-0.25, -0.2) is 8.42 Å². The first kappa shape index (κ1) is 20.4. The zero-order chi connectivity index (χ0) is 19.5. The number of hydrogen-bond donors (Lipinski definition) is 1. The van der Waals surface area contributed by atoms with Gasteiger partial charge in [0, 0.05) is 12.6 Å². The van der Waals surface area contributed by atoms with Gasteiger partial charge in [0.15, 0.2) is 0 Å². The van der Waals surface area contributed by atoms with Crippen LogP contribution in [-0.2, 0) is 21.0 Å². The Morgan fingerprint density at radius 3 is 2.65 bits per heavy atom. The third-order valence-electron chi connectivity index (χ3n) is 4.39. The van der Waals surface area contributed by atoms with Gasteiger partial charge in [-0.1, -0.05) is 30.7 Å². The lowest BCUT2D eigenvalue weighted by atomic mass is 10.0. The number of aliphatic carboxylic acids is 1. The van der Waals surface area contributed by atoms with Gasteiger partial charge in [0.25, 0.3) is 0 Å². The van der Waals surface area contributed by atoms with Crippen molar-refractivity contribution in [3.05, 3.63) is 48.0 Å². The minimum absolute atomic E-state index is 0.0468. The molecule has 0 amide bonds. The molecule has 1 N–H and O–H groups in total. The van der Waals surface area contributed by atoms with Crippen LogP contribution in [0.1, 0.15) is 42.1 Å². The molecule has 0 aliphatic carbocycles. The second-order valence-corrected chi connectivity index (χ2v) is 8.19. The molecule has 0 spiro atoms. The van der Waals surface area contributed by atoms with Gasteiger partial charge >= 0.3 is 12.1 Å². The molecule has 0 radical (unpaired) electrons. The molecule has 0 saturated carbocycles. The predicted molar refractivity (Wildman–Crippen MR) is 89.9 cm³/mol. The number of hydrogen-bond acceptors (Lipinski definition) is 3. The Balaban J connectivity index is 2.41. The fourth-order valence-electron chi connectivity index (χ4n) is 3.18. The smallest absolute Gasteiger partial charge is 0.416 e. The summed E-state index contributed by atoms with van der Waals surface area (Å²) in [5.74, 6) is -1.12. The molecule has 1 aromatic carbocycles. The second kappa shape index (κ2) is 7.79. The van der Waals surface area contributed by atoms with Crippen LogP contribution in [-0.4, -0.2) is 36.4 Å². The van der Waals surface area contributed by atoms with Gasteiger partial charge in [0.2, 0.25) is 10.0 Å². The Labute approximate surface area is 150 Å². The van der Waals surface area contributed by atoms with E-state index in [9.17, 15) is 26.4 Å². The van der Waals surface area contributed by atoms with Crippen LogP contribution < -0.4 is 0 Å². The van der Waals surface area contributed by atoms with Crippen LogP contribution in [0.5, 0.6) is 0 Å². The summed E-state index contributed by atoms with van der Waals surface area (Å²) in [6.07, 6.45) is -2.18. The number of carbonyl (C=O) groups is 1. The zero-order valence-corrected chi connectivity index (χ0v) is 14.8. The molecule has 1 aliphatic heterocycles. The van der Waals surface area contributed by atoms with Crippen molar-refractivity contribution in [2.24, 2.45) is 0 Å². The maximum Gasteiger partial charge on any atom is 0.416 e. The fraction of sp³-hybridized carbons (Fsp3) is 0.471. The van der Waals surface area contributed by atoms with Crippen molar-refractivity contribution in [3.63, 3.8) is 0 Å². The molecule has 2 rings (SSSR count). The molecule has 1 fully saturated rings. The maximum absolute atomic E-state index is 13.1. The molecule has 2 atom stereocenters. The monoisotopic (exact) mass is 391 g/mol. The van der Waals surface area contributed by atoms with Gasteiger partial charge in [0.1, 0.15) is 5.25 Å². The summed E-state index contributed by atoms with van der Waals surface area (Å²) in [5, 5.41) is 7.65. The molecule has 0 aromatic heterocycles. The van der Waals surface area contributed by atoms with Crippen molar-refractivity contribution >= 4 is 16.0 Å². The van der Waals surface area contributed by atoms with E-state index in [1.165, 1.54) is 6.07 Å². The molecule has 9 heteroatoms. The molecule has 0 bridgehead atoms. The number of alkyl halides is 3. The third-order valence-corrected chi connectivity index (χ3v) is 6.63. The molecule has 144 valence electrons. The van der Waals surface area contributed by atoms with Gasteiger partial charge < -0.3 is 5.11 Å². The summed E-state index contributed by atoms with van der Waals surface area (Å²) < 4.78 is 66.0. The van der Waals surface area contributed by atoms with Gasteiger partial charge in [-0.05, 0) is 24.5 Å². The van der Waals surface area contributed by atoms with E-state index in [0.717, 1.165) is 28.6 Å². The number of carboxylic acid groups (broad SMARTS) is 1. The largest absolute Gasteiger partial charge is 0.481 e. The first-order chi connectivity index (χ1) is 12.1. The summed E-state index contributed by atoms with van der Waals surface area (Å²) in [6.45, 7) is 3.62. The van der Waals surface area contributed by atoms with Crippen LogP contribution in [0.15, 0.2) is 36.9 Å². The van der Waals surface area contributed by atoms with E-state index in [1.807, 2.05) is 0 Å². The predicted octanol–water partition coefficient (Wildman–Crippen LogP) is 3.59. The zero-order valence-electron chi connectivity index (χ0n) is 13.9. The van der Waals surface area contributed by atoms with Crippen LogP contribution in [0, 0.1) is 0 Å². The number of carboxylic acids is 1. The van der Waals surface area contributed by atoms with Crippen LogP contribution >= 0.6 is 0 Å². The highest BCUT2D eigenvalue weighted by Crippen LogP contribution is 2.35. The van der Waals surface area contributed by atoms with Crippen LogP contribution in [0.4, 0.5) is 13.2 Å². The van der Waals surface area contributed by atoms with Gasteiger partial charge in [-0.3, -0.25) is 4.79 Å². The number of halogens is 3. The number of piperidine rings is 1. The van der Waals surface area contributed by atoms with Gasteiger partial charge in [-0.2, -0.15) is 17.5 Å². The Morgan fingerprint density at radius 1 is 1.38 bits per heavy atom. The molecule has 1 saturated heterocycles. The van der Waals surface area contributed by atoms with E-state index in [4.69, 9.17) is 5.11 Å².